The molecular weight excluding hydrogens is 316 g/mol. The maximum atomic E-state index is 12.2. The number of nitrogens with two attached hydrogens (primary N) is 1. The summed E-state index contributed by atoms with van der Waals surface area (Å²) in [5.41, 5.74) is 1.19. The zero-order valence-electron chi connectivity index (χ0n) is 11.6. The minimum absolute atomic E-state index is 0.0216. The molecule has 0 spiro atoms. The van der Waals surface area contributed by atoms with E-state index in [1.54, 1.807) is 0 Å². The zero-order valence-corrected chi connectivity index (χ0v) is 13.2. The van der Waals surface area contributed by atoms with Gasteiger partial charge in [0.25, 0.3) is 0 Å². The van der Waals surface area contributed by atoms with Crippen molar-refractivity contribution in [2.45, 2.75) is 23.5 Å². The summed E-state index contributed by atoms with van der Waals surface area (Å²) >= 11 is 0. The highest BCUT2D eigenvalue weighted by molar-refractivity contribution is 7.92. The number of sulfonamides is 1. The Labute approximate surface area is 123 Å². The average Bonchev–Trinajstić information content (AvgIpc) is 2.77. The Hall–Kier alpha value is -1.45. The predicted molar refractivity (Wildman–Crippen MR) is 78.2 cm³/mol. The van der Waals surface area contributed by atoms with Crippen LogP contribution in [0.15, 0.2) is 23.1 Å². The van der Waals surface area contributed by atoms with Crippen LogP contribution < -0.4 is 10.0 Å². The third-order valence-corrected chi connectivity index (χ3v) is 5.93. The highest BCUT2D eigenvalue weighted by atomic mass is 32.2. The molecule has 0 bridgehead atoms. The van der Waals surface area contributed by atoms with Crippen molar-refractivity contribution in [3.05, 3.63) is 23.8 Å². The number of carbonyl (C=O) groups excluding carboxylic acids is 1. The van der Waals surface area contributed by atoms with Gasteiger partial charge < -0.3 is 4.90 Å². The number of rotatable bonds is 3. The second-order valence-corrected chi connectivity index (χ2v) is 8.97. The third kappa shape index (κ3) is 3.09. The van der Waals surface area contributed by atoms with Crippen LogP contribution in [0.4, 0.5) is 5.69 Å². The van der Waals surface area contributed by atoms with Crippen molar-refractivity contribution < 1.29 is 21.6 Å². The molecule has 2 rings (SSSR count). The summed E-state index contributed by atoms with van der Waals surface area (Å²) in [4.78, 5) is 13.6. The lowest BCUT2D eigenvalue weighted by atomic mass is 10.2. The molecule has 0 aromatic heterocycles. The topological polar surface area (TPSA) is 115 Å². The van der Waals surface area contributed by atoms with Crippen molar-refractivity contribution in [1.82, 2.24) is 0 Å². The van der Waals surface area contributed by atoms with Crippen LogP contribution in [0, 0.1) is 0 Å². The number of sulfone groups is 1. The molecule has 116 valence electrons. The van der Waals surface area contributed by atoms with E-state index in [0.717, 1.165) is 6.26 Å². The molecule has 0 saturated heterocycles. The first-order valence-electron chi connectivity index (χ1n) is 6.18. The molecule has 0 saturated carbocycles. The summed E-state index contributed by atoms with van der Waals surface area (Å²) in [7, 11) is -7.28. The quantitative estimate of drug-likeness (QED) is 0.813. The number of fused-ring (bicyclic) bond motifs is 1. The van der Waals surface area contributed by atoms with Gasteiger partial charge in [-0.05, 0) is 37.1 Å². The summed E-state index contributed by atoms with van der Waals surface area (Å²) in [5.74, 6) is -0.514. The van der Waals surface area contributed by atoms with Crippen molar-refractivity contribution in [1.29, 1.82) is 0 Å². The Kier molecular flexibility index (Phi) is 3.85. The van der Waals surface area contributed by atoms with Gasteiger partial charge in [-0.1, -0.05) is 0 Å². The van der Waals surface area contributed by atoms with Gasteiger partial charge in [0, 0.05) is 18.5 Å². The number of nitrogens with zero attached hydrogens (tertiary/aromatic N) is 1. The second-order valence-electron chi connectivity index (χ2n) is 5.05. The van der Waals surface area contributed by atoms with Crippen molar-refractivity contribution >= 4 is 31.5 Å². The summed E-state index contributed by atoms with van der Waals surface area (Å²) in [6.45, 7) is 1.66. The van der Waals surface area contributed by atoms with Gasteiger partial charge in [0.2, 0.25) is 15.9 Å². The molecule has 1 unspecified atom stereocenters. The van der Waals surface area contributed by atoms with Crippen LogP contribution in [0.2, 0.25) is 0 Å². The van der Waals surface area contributed by atoms with E-state index in [-0.39, 0.29) is 4.90 Å². The van der Waals surface area contributed by atoms with E-state index >= 15 is 0 Å². The van der Waals surface area contributed by atoms with Crippen LogP contribution in [0.1, 0.15) is 12.5 Å². The van der Waals surface area contributed by atoms with Crippen LogP contribution >= 0.6 is 0 Å². The van der Waals surface area contributed by atoms with Crippen molar-refractivity contribution in [2.75, 3.05) is 17.7 Å². The first-order valence-corrected chi connectivity index (χ1v) is 9.68. The Morgan fingerprint density at radius 2 is 1.90 bits per heavy atom. The molecule has 7 nitrogen and oxygen atoms in total. The zero-order chi connectivity index (χ0) is 16.0. The molecule has 9 heteroatoms. The normalized spacial score (nSPS) is 16.6. The fourth-order valence-electron chi connectivity index (χ4n) is 2.19. The maximum absolute atomic E-state index is 12.2. The number of primary sulfonamides is 1. The van der Waals surface area contributed by atoms with Crippen LogP contribution in [0.3, 0.4) is 0 Å². The second kappa shape index (κ2) is 5.08. The van der Waals surface area contributed by atoms with Crippen LogP contribution in [-0.2, 0) is 31.1 Å². The van der Waals surface area contributed by atoms with E-state index in [1.807, 2.05) is 0 Å². The van der Waals surface area contributed by atoms with Gasteiger partial charge >= 0.3 is 0 Å². The molecule has 1 aliphatic rings. The first kappa shape index (κ1) is 15.9. The van der Waals surface area contributed by atoms with Crippen molar-refractivity contribution in [3.63, 3.8) is 0 Å². The number of amides is 1. The van der Waals surface area contributed by atoms with E-state index in [4.69, 9.17) is 5.14 Å². The molecule has 1 heterocycles. The smallest absolute Gasteiger partial charge is 0.245 e. The lowest BCUT2D eigenvalue weighted by Crippen LogP contribution is -2.40. The van der Waals surface area contributed by atoms with Crippen LogP contribution in [0.25, 0.3) is 0 Å². The Balaban J connectivity index is 2.38. The molecular formula is C12H16N2O5S2. The largest absolute Gasteiger partial charge is 0.311 e. The van der Waals surface area contributed by atoms with Gasteiger partial charge in [0.15, 0.2) is 9.84 Å². The first-order chi connectivity index (χ1) is 9.51. The number of hydrogen-bond donors (Lipinski definition) is 1. The van der Waals surface area contributed by atoms with Gasteiger partial charge in [-0.2, -0.15) is 0 Å². The number of benzene rings is 1. The molecule has 1 aliphatic heterocycles. The maximum Gasteiger partial charge on any atom is 0.245 e. The predicted octanol–water partition coefficient (Wildman–Crippen LogP) is -0.344. The average molecular weight is 332 g/mol. The summed E-state index contributed by atoms with van der Waals surface area (Å²) < 4.78 is 45.6. The van der Waals surface area contributed by atoms with Gasteiger partial charge in [-0.15, -0.1) is 0 Å². The lowest BCUT2D eigenvalue weighted by molar-refractivity contribution is -0.117. The minimum Gasteiger partial charge on any atom is -0.311 e. The number of carbonyl (C=O) groups is 1. The van der Waals surface area contributed by atoms with Gasteiger partial charge in [0.1, 0.15) is 5.25 Å². The number of anilines is 1. The van der Waals surface area contributed by atoms with Crippen molar-refractivity contribution in [3.8, 4) is 0 Å². The Morgan fingerprint density at radius 3 is 2.43 bits per heavy atom. The summed E-state index contributed by atoms with van der Waals surface area (Å²) in [5, 5.41) is 3.93. The summed E-state index contributed by atoms with van der Waals surface area (Å²) in [6.07, 6.45) is 1.47. The van der Waals surface area contributed by atoms with E-state index in [2.05, 4.69) is 0 Å². The minimum atomic E-state index is -3.80. The molecule has 1 aromatic carbocycles. The fourth-order valence-corrected chi connectivity index (χ4v) is 3.24. The number of hydrogen-bond acceptors (Lipinski definition) is 5. The molecule has 0 fully saturated rings. The molecule has 21 heavy (non-hydrogen) atoms. The molecule has 1 amide bonds. The van der Waals surface area contributed by atoms with Crippen LogP contribution in [-0.4, -0.2) is 40.8 Å². The Bertz CT molecular complexity index is 799. The highest BCUT2D eigenvalue weighted by Crippen LogP contribution is 2.30. The molecule has 2 N–H and O–H groups in total. The lowest BCUT2D eigenvalue weighted by Gasteiger charge is -2.20. The molecule has 1 atom stereocenters. The summed E-state index contributed by atoms with van der Waals surface area (Å²) in [6, 6.07) is 4.21. The molecule has 0 radical (unpaired) electrons. The molecule has 0 aliphatic carbocycles. The fraction of sp³-hybridized carbons (Fsp3) is 0.417. The highest BCUT2D eigenvalue weighted by Gasteiger charge is 2.33. The van der Waals surface area contributed by atoms with E-state index in [0.29, 0.717) is 24.2 Å². The standard InChI is InChI=1S/C12H16N2O5S2/c1-8(20(2,16)17)12(15)14-6-5-9-7-10(21(13,18)19)3-4-11(9)14/h3-4,7-8H,5-6H2,1-2H3,(H2,13,18,19). The van der Waals surface area contributed by atoms with Gasteiger partial charge in [0.05, 0.1) is 4.90 Å². The van der Waals surface area contributed by atoms with Crippen LogP contribution in [0.5, 0.6) is 0 Å². The SMILES string of the molecule is CC(C(=O)N1CCc2cc(S(N)(=O)=O)ccc21)S(C)(=O)=O. The van der Waals surface area contributed by atoms with E-state index in [1.165, 1.54) is 30.0 Å². The third-order valence-electron chi connectivity index (χ3n) is 3.53. The van der Waals surface area contributed by atoms with E-state index < -0.39 is 31.0 Å². The van der Waals surface area contributed by atoms with E-state index in [9.17, 15) is 21.6 Å². The van der Waals surface area contributed by atoms with Crippen molar-refractivity contribution in [2.24, 2.45) is 5.14 Å². The monoisotopic (exact) mass is 332 g/mol. The van der Waals surface area contributed by atoms with Gasteiger partial charge in [-0.3, -0.25) is 4.79 Å². The van der Waals surface area contributed by atoms with Gasteiger partial charge in [-0.25, -0.2) is 22.0 Å². The Morgan fingerprint density at radius 1 is 1.29 bits per heavy atom. The molecule has 1 aromatic rings.